The van der Waals surface area contributed by atoms with Gasteiger partial charge >= 0.3 is 6.30 Å². The summed E-state index contributed by atoms with van der Waals surface area (Å²) in [6, 6.07) is 22.6. The number of imidazole rings is 1. The van der Waals surface area contributed by atoms with Crippen LogP contribution in [0.2, 0.25) is 0 Å². The lowest BCUT2D eigenvalue weighted by Gasteiger charge is -2.08. The van der Waals surface area contributed by atoms with Crippen molar-refractivity contribution in [2.75, 3.05) is 0 Å². The average molecular weight is 455 g/mol. The van der Waals surface area contributed by atoms with Gasteiger partial charge in [-0.15, -0.1) is 13.2 Å². The fourth-order valence-corrected chi connectivity index (χ4v) is 3.97. The number of rotatable bonds is 6. The second kappa shape index (κ2) is 9.40. The predicted molar refractivity (Wildman–Crippen MR) is 119 cm³/mol. The van der Waals surface area contributed by atoms with E-state index < -0.39 is 6.30 Å². The Labute approximate surface area is 186 Å². The SMILES string of the molecule is Fc1cccc(-n2cc(-c3ccccc3)nc2SCc2ccc(C=NC(F)(F)F)cc2)c1. The summed E-state index contributed by atoms with van der Waals surface area (Å²) < 4.78 is 52.3. The van der Waals surface area contributed by atoms with E-state index in [0.717, 1.165) is 23.0 Å². The monoisotopic (exact) mass is 455 g/mol. The topological polar surface area (TPSA) is 30.2 Å². The van der Waals surface area contributed by atoms with Crippen molar-refractivity contribution >= 4 is 18.0 Å². The van der Waals surface area contributed by atoms with Crippen molar-refractivity contribution in [1.82, 2.24) is 9.55 Å². The van der Waals surface area contributed by atoms with E-state index in [-0.39, 0.29) is 5.82 Å². The van der Waals surface area contributed by atoms with Crippen LogP contribution in [0.3, 0.4) is 0 Å². The molecule has 0 bridgehead atoms. The highest BCUT2D eigenvalue weighted by atomic mass is 32.2. The Bertz CT molecular complexity index is 1220. The van der Waals surface area contributed by atoms with E-state index in [0.29, 0.717) is 22.2 Å². The molecule has 32 heavy (non-hydrogen) atoms. The molecule has 1 heterocycles. The van der Waals surface area contributed by atoms with Crippen LogP contribution in [0.15, 0.2) is 95.2 Å². The Morgan fingerprint density at radius 3 is 2.38 bits per heavy atom. The van der Waals surface area contributed by atoms with Gasteiger partial charge in [-0.1, -0.05) is 72.4 Å². The van der Waals surface area contributed by atoms with Gasteiger partial charge in [0.05, 0.1) is 11.4 Å². The van der Waals surface area contributed by atoms with Crippen LogP contribution in [0.1, 0.15) is 11.1 Å². The summed E-state index contributed by atoms with van der Waals surface area (Å²) >= 11 is 1.46. The first-order chi connectivity index (χ1) is 15.4. The normalized spacial score (nSPS) is 11.9. The van der Waals surface area contributed by atoms with Crippen molar-refractivity contribution in [3.63, 3.8) is 0 Å². The summed E-state index contributed by atoms with van der Waals surface area (Å²) in [5.74, 6) is 0.196. The molecule has 0 saturated heterocycles. The number of hydrogen-bond acceptors (Lipinski definition) is 3. The number of hydrogen-bond donors (Lipinski definition) is 0. The number of alkyl halides is 3. The zero-order valence-electron chi connectivity index (χ0n) is 16.6. The summed E-state index contributed by atoms with van der Waals surface area (Å²) in [5.41, 5.74) is 3.63. The van der Waals surface area contributed by atoms with Crippen LogP contribution in [0.5, 0.6) is 0 Å². The standard InChI is InChI=1S/C24H17F4N3S/c25-20-7-4-8-21(13-20)31-15-22(19-5-2-1-3-6-19)30-23(31)32-16-18-11-9-17(10-12-18)14-29-24(26,27)28/h1-15H,16H2. The number of aromatic nitrogens is 2. The van der Waals surface area contributed by atoms with Crippen molar-refractivity contribution in [3.05, 3.63) is 102 Å². The Hall–Kier alpha value is -3.39. The molecule has 0 aliphatic rings. The maximum Gasteiger partial charge on any atom is 0.503 e. The second-order valence-electron chi connectivity index (χ2n) is 6.88. The van der Waals surface area contributed by atoms with Crippen LogP contribution < -0.4 is 0 Å². The third-order valence-corrected chi connectivity index (χ3v) is 5.56. The minimum atomic E-state index is -4.58. The number of benzene rings is 3. The molecular formula is C24H17F4N3S. The predicted octanol–water partition coefficient (Wildman–Crippen LogP) is 6.91. The third-order valence-electron chi connectivity index (χ3n) is 4.54. The van der Waals surface area contributed by atoms with Crippen molar-refractivity contribution in [2.24, 2.45) is 4.99 Å². The van der Waals surface area contributed by atoms with E-state index in [4.69, 9.17) is 4.98 Å². The van der Waals surface area contributed by atoms with Crippen molar-refractivity contribution in [2.45, 2.75) is 17.2 Å². The molecule has 4 aromatic rings. The molecule has 162 valence electrons. The van der Waals surface area contributed by atoms with Gasteiger partial charge in [0, 0.05) is 23.7 Å². The van der Waals surface area contributed by atoms with E-state index >= 15 is 0 Å². The number of halogens is 4. The Kier molecular flexibility index (Phi) is 6.41. The van der Waals surface area contributed by atoms with Crippen molar-refractivity contribution < 1.29 is 17.6 Å². The van der Waals surface area contributed by atoms with E-state index in [2.05, 4.69) is 4.99 Å². The molecule has 0 N–H and O–H groups in total. The minimum absolute atomic E-state index is 0.343. The number of nitrogens with zero attached hydrogens (tertiary/aromatic N) is 3. The first kappa shape index (κ1) is 21.8. The number of aliphatic imine (C=N–C) groups is 1. The molecule has 0 unspecified atom stereocenters. The molecule has 0 radical (unpaired) electrons. The Morgan fingerprint density at radius 2 is 1.69 bits per heavy atom. The smallest absolute Gasteiger partial charge is 0.294 e. The van der Waals surface area contributed by atoms with Crippen LogP contribution in [-0.2, 0) is 5.75 Å². The largest absolute Gasteiger partial charge is 0.503 e. The molecule has 0 saturated carbocycles. The average Bonchev–Trinajstić information content (AvgIpc) is 3.21. The highest BCUT2D eigenvalue weighted by Crippen LogP contribution is 2.29. The maximum atomic E-state index is 13.8. The summed E-state index contributed by atoms with van der Waals surface area (Å²) in [7, 11) is 0. The molecule has 0 aliphatic heterocycles. The second-order valence-corrected chi connectivity index (χ2v) is 7.82. The highest BCUT2D eigenvalue weighted by molar-refractivity contribution is 7.98. The zero-order valence-corrected chi connectivity index (χ0v) is 17.4. The first-order valence-electron chi connectivity index (χ1n) is 9.62. The molecule has 0 aliphatic carbocycles. The van der Waals surface area contributed by atoms with Gasteiger partial charge in [0.1, 0.15) is 5.82 Å². The Morgan fingerprint density at radius 1 is 0.938 bits per heavy atom. The van der Waals surface area contributed by atoms with Crippen LogP contribution in [0, 0.1) is 5.82 Å². The van der Waals surface area contributed by atoms with Gasteiger partial charge in [-0.05, 0) is 29.3 Å². The Balaban J connectivity index is 1.57. The molecule has 4 rings (SSSR count). The van der Waals surface area contributed by atoms with Gasteiger partial charge < -0.3 is 0 Å². The summed E-state index contributed by atoms with van der Waals surface area (Å²) in [4.78, 5) is 7.29. The van der Waals surface area contributed by atoms with Crippen LogP contribution in [-0.4, -0.2) is 22.1 Å². The van der Waals surface area contributed by atoms with Crippen molar-refractivity contribution in [1.29, 1.82) is 0 Å². The maximum absolute atomic E-state index is 13.8. The van der Waals surface area contributed by atoms with Gasteiger partial charge in [0.15, 0.2) is 5.16 Å². The van der Waals surface area contributed by atoms with Gasteiger partial charge in [0.25, 0.3) is 0 Å². The van der Waals surface area contributed by atoms with E-state index in [9.17, 15) is 17.6 Å². The van der Waals surface area contributed by atoms with E-state index in [1.165, 1.54) is 23.9 Å². The van der Waals surface area contributed by atoms with Gasteiger partial charge in [-0.3, -0.25) is 4.57 Å². The van der Waals surface area contributed by atoms with Gasteiger partial charge in [0.2, 0.25) is 0 Å². The summed E-state index contributed by atoms with van der Waals surface area (Å²) in [5, 5.41) is 0.678. The lowest BCUT2D eigenvalue weighted by molar-refractivity contribution is -0.119. The zero-order chi connectivity index (χ0) is 22.6. The quantitative estimate of drug-likeness (QED) is 0.137. The van der Waals surface area contributed by atoms with E-state index in [1.54, 1.807) is 36.4 Å². The van der Waals surface area contributed by atoms with Crippen LogP contribution in [0.25, 0.3) is 16.9 Å². The summed E-state index contributed by atoms with van der Waals surface area (Å²) in [6.07, 6.45) is -1.93. The van der Waals surface area contributed by atoms with Crippen molar-refractivity contribution in [3.8, 4) is 16.9 Å². The number of thioether (sulfide) groups is 1. The highest BCUT2D eigenvalue weighted by Gasteiger charge is 2.24. The molecule has 8 heteroatoms. The van der Waals surface area contributed by atoms with Crippen LogP contribution in [0.4, 0.5) is 17.6 Å². The molecule has 0 fully saturated rings. The fourth-order valence-electron chi connectivity index (χ4n) is 3.02. The van der Waals surface area contributed by atoms with Gasteiger partial charge in [-0.2, -0.15) is 4.99 Å². The molecule has 0 amide bonds. The molecule has 1 aromatic heterocycles. The fraction of sp³-hybridized carbons (Fsp3) is 0.0833. The molecule has 0 spiro atoms. The third kappa shape index (κ3) is 5.64. The summed E-state index contributed by atoms with van der Waals surface area (Å²) in [6.45, 7) is 0. The lowest BCUT2D eigenvalue weighted by Crippen LogP contribution is -2.02. The molecular weight excluding hydrogens is 438 g/mol. The molecule has 0 atom stereocenters. The molecule has 3 nitrogen and oxygen atoms in total. The van der Waals surface area contributed by atoms with E-state index in [1.807, 2.05) is 41.1 Å². The van der Waals surface area contributed by atoms with Gasteiger partial charge in [-0.25, -0.2) is 9.37 Å². The van der Waals surface area contributed by atoms with Crippen LogP contribution >= 0.6 is 11.8 Å². The molecule has 3 aromatic carbocycles. The minimum Gasteiger partial charge on any atom is -0.294 e. The first-order valence-corrected chi connectivity index (χ1v) is 10.6. The lowest BCUT2D eigenvalue weighted by atomic mass is 10.2.